The highest BCUT2D eigenvalue weighted by atomic mass is 16.6. The van der Waals surface area contributed by atoms with Crippen LogP contribution in [0, 0.1) is 0 Å². The molecular formula is C22H28N2O3. The van der Waals surface area contributed by atoms with Gasteiger partial charge in [0.05, 0.1) is 6.04 Å². The molecule has 0 aliphatic carbocycles. The van der Waals surface area contributed by atoms with Crippen LogP contribution < -0.4 is 4.74 Å². The molecule has 0 N–H and O–H groups in total. The largest absolute Gasteiger partial charge is 0.473 e. The van der Waals surface area contributed by atoms with Crippen LogP contribution >= 0.6 is 0 Å². The number of amides is 1. The second kappa shape index (κ2) is 8.42. The van der Waals surface area contributed by atoms with Crippen LogP contribution in [0.2, 0.25) is 0 Å². The Morgan fingerprint density at radius 1 is 1.15 bits per heavy atom. The number of benzene rings is 1. The predicted octanol–water partition coefficient (Wildman–Crippen LogP) is 5.12. The molecule has 1 aliphatic heterocycles. The zero-order valence-electron chi connectivity index (χ0n) is 16.4. The summed E-state index contributed by atoms with van der Waals surface area (Å²) >= 11 is 0. The normalized spacial score (nSPS) is 17.4. The van der Waals surface area contributed by atoms with E-state index in [0.717, 1.165) is 30.4 Å². The van der Waals surface area contributed by atoms with Crippen molar-refractivity contribution in [2.45, 2.75) is 58.3 Å². The van der Waals surface area contributed by atoms with Crippen LogP contribution in [0.1, 0.15) is 57.2 Å². The van der Waals surface area contributed by atoms with Gasteiger partial charge in [-0.3, -0.25) is 0 Å². The average molecular weight is 368 g/mol. The quantitative estimate of drug-likeness (QED) is 0.751. The molecule has 0 unspecified atom stereocenters. The molecular weight excluding hydrogens is 340 g/mol. The molecule has 1 aromatic heterocycles. The fourth-order valence-corrected chi connectivity index (χ4v) is 3.22. The van der Waals surface area contributed by atoms with Crippen LogP contribution in [0.15, 0.2) is 48.7 Å². The van der Waals surface area contributed by atoms with Crippen LogP contribution in [0.25, 0.3) is 0 Å². The van der Waals surface area contributed by atoms with Crippen molar-refractivity contribution in [1.29, 1.82) is 0 Å². The first-order chi connectivity index (χ1) is 12.9. The minimum Gasteiger partial charge on any atom is -0.473 e. The number of piperidine rings is 1. The zero-order chi connectivity index (χ0) is 19.3. The van der Waals surface area contributed by atoms with Crippen molar-refractivity contribution >= 4 is 6.09 Å². The number of likely N-dealkylation sites (tertiary alicyclic amines) is 1. The summed E-state index contributed by atoms with van der Waals surface area (Å²) in [4.78, 5) is 18.8. The Balaban J connectivity index is 1.66. The first-order valence-electron chi connectivity index (χ1n) is 9.55. The SMILES string of the molecule is CC(C)(C)OC(=O)N1CCCC[C@H]1c1ccc(OCc2ccccc2)nc1. The Morgan fingerprint density at radius 3 is 2.59 bits per heavy atom. The highest BCUT2D eigenvalue weighted by Crippen LogP contribution is 2.32. The maximum atomic E-state index is 12.6. The average Bonchev–Trinajstić information content (AvgIpc) is 2.66. The van der Waals surface area contributed by atoms with E-state index in [1.165, 1.54) is 0 Å². The van der Waals surface area contributed by atoms with E-state index in [0.29, 0.717) is 19.0 Å². The van der Waals surface area contributed by atoms with Gasteiger partial charge in [-0.2, -0.15) is 0 Å². The van der Waals surface area contributed by atoms with Gasteiger partial charge in [0.2, 0.25) is 5.88 Å². The lowest BCUT2D eigenvalue weighted by Gasteiger charge is -2.36. The lowest BCUT2D eigenvalue weighted by molar-refractivity contribution is 0.00947. The van der Waals surface area contributed by atoms with Gasteiger partial charge >= 0.3 is 6.09 Å². The zero-order valence-corrected chi connectivity index (χ0v) is 16.4. The molecule has 144 valence electrons. The van der Waals surface area contributed by atoms with Crippen molar-refractivity contribution in [2.75, 3.05) is 6.54 Å². The summed E-state index contributed by atoms with van der Waals surface area (Å²) in [6, 6.07) is 13.9. The lowest BCUT2D eigenvalue weighted by atomic mass is 9.97. The Labute approximate surface area is 161 Å². The van der Waals surface area contributed by atoms with E-state index < -0.39 is 5.60 Å². The fraction of sp³-hybridized carbons (Fsp3) is 0.455. The number of aromatic nitrogens is 1. The van der Waals surface area contributed by atoms with E-state index in [9.17, 15) is 4.79 Å². The first-order valence-corrected chi connectivity index (χ1v) is 9.55. The lowest BCUT2D eigenvalue weighted by Crippen LogP contribution is -2.41. The van der Waals surface area contributed by atoms with Gasteiger partial charge in [-0.15, -0.1) is 0 Å². The van der Waals surface area contributed by atoms with Crippen molar-refractivity contribution in [3.05, 3.63) is 59.8 Å². The highest BCUT2D eigenvalue weighted by molar-refractivity contribution is 5.69. The van der Waals surface area contributed by atoms with Crippen molar-refractivity contribution in [3.63, 3.8) is 0 Å². The van der Waals surface area contributed by atoms with E-state index in [4.69, 9.17) is 9.47 Å². The molecule has 27 heavy (non-hydrogen) atoms. The number of pyridine rings is 1. The van der Waals surface area contributed by atoms with Crippen molar-refractivity contribution in [2.24, 2.45) is 0 Å². The number of hydrogen-bond acceptors (Lipinski definition) is 4. The summed E-state index contributed by atoms with van der Waals surface area (Å²) in [6.45, 7) is 6.88. The summed E-state index contributed by atoms with van der Waals surface area (Å²) in [5.74, 6) is 0.585. The predicted molar refractivity (Wildman–Crippen MR) is 105 cm³/mol. The maximum Gasteiger partial charge on any atom is 0.410 e. The van der Waals surface area contributed by atoms with Crippen LogP contribution in [-0.4, -0.2) is 28.1 Å². The smallest absolute Gasteiger partial charge is 0.410 e. The number of hydrogen-bond donors (Lipinski definition) is 0. The number of nitrogens with zero attached hydrogens (tertiary/aromatic N) is 2. The van der Waals surface area contributed by atoms with E-state index in [2.05, 4.69) is 4.98 Å². The number of rotatable bonds is 4. The summed E-state index contributed by atoms with van der Waals surface area (Å²) in [5.41, 5.74) is 1.63. The maximum absolute atomic E-state index is 12.6. The van der Waals surface area contributed by atoms with Crippen molar-refractivity contribution in [3.8, 4) is 5.88 Å². The molecule has 1 atom stereocenters. The molecule has 3 rings (SSSR count). The second-order valence-electron chi connectivity index (χ2n) is 7.89. The topological polar surface area (TPSA) is 51.7 Å². The third kappa shape index (κ3) is 5.46. The van der Waals surface area contributed by atoms with Gasteiger partial charge in [0.1, 0.15) is 12.2 Å². The fourth-order valence-electron chi connectivity index (χ4n) is 3.22. The molecule has 2 heterocycles. The summed E-state index contributed by atoms with van der Waals surface area (Å²) < 4.78 is 11.3. The van der Waals surface area contributed by atoms with Gasteiger partial charge in [0.15, 0.2) is 0 Å². The Bertz CT molecular complexity index is 738. The van der Waals surface area contributed by atoms with Gasteiger partial charge in [-0.25, -0.2) is 9.78 Å². The molecule has 1 saturated heterocycles. The Hall–Kier alpha value is -2.56. The third-order valence-corrected chi connectivity index (χ3v) is 4.50. The number of carbonyl (C=O) groups is 1. The molecule has 1 aromatic carbocycles. The van der Waals surface area contributed by atoms with Crippen LogP contribution in [0.3, 0.4) is 0 Å². The molecule has 5 nitrogen and oxygen atoms in total. The van der Waals surface area contributed by atoms with Crippen molar-refractivity contribution < 1.29 is 14.3 Å². The highest BCUT2D eigenvalue weighted by Gasteiger charge is 2.31. The van der Waals surface area contributed by atoms with E-state index in [1.807, 2.05) is 74.3 Å². The molecule has 0 radical (unpaired) electrons. The van der Waals surface area contributed by atoms with E-state index in [1.54, 1.807) is 0 Å². The van der Waals surface area contributed by atoms with Crippen LogP contribution in [-0.2, 0) is 11.3 Å². The van der Waals surface area contributed by atoms with E-state index >= 15 is 0 Å². The van der Waals surface area contributed by atoms with Gasteiger partial charge < -0.3 is 14.4 Å². The summed E-state index contributed by atoms with van der Waals surface area (Å²) in [5, 5.41) is 0. The van der Waals surface area contributed by atoms with Crippen molar-refractivity contribution in [1.82, 2.24) is 9.88 Å². The Morgan fingerprint density at radius 2 is 1.93 bits per heavy atom. The second-order valence-corrected chi connectivity index (χ2v) is 7.89. The standard InChI is InChI=1S/C22H28N2O3/c1-22(2,3)27-21(25)24-14-8-7-11-19(24)18-12-13-20(23-15-18)26-16-17-9-5-4-6-10-17/h4-6,9-10,12-13,15,19H,7-8,11,14,16H2,1-3H3/t19-/m0/s1. The molecule has 0 bridgehead atoms. The van der Waals surface area contributed by atoms with Crippen LogP contribution in [0.4, 0.5) is 4.79 Å². The van der Waals surface area contributed by atoms with Gasteiger partial charge in [-0.1, -0.05) is 36.4 Å². The summed E-state index contributed by atoms with van der Waals surface area (Å²) in [7, 11) is 0. The third-order valence-electron chi connectivity index (χ3n) is 4.50. The van der Waals surface area contributed by atoms with Gasteiger partial charge in [0, 0.05) is 18.8 Å². The van der Waals surface area contributed by atoms with Gasteiger partial charge in [0.25, 0.3) is 0 Å². The minimum absolute atomic E-state index is 0.00396. The molecule has 1 amide bonds. The summed E-state index contributed by atoms with van der Waals surface area (Å²) in [6.07, 6.45) is 4.58. The molecule has 2 aromatic rings. The number of carbonyl (C=O) groups excluding carboxylic acids is 1. The molecule has 1 aliphatic rings. The first kappa shape index (κ1) is 19.2. The number of ether oxygens (including phenoxy) is 2. The molecule has 1 fully saturated rings. The van der Waals surface area contributed by atoms with E-state index in [-0.39, 0.29) is 12.1 Å². The minimum atomic E-state index is -0.494. The molecule has 0 spiro atoms. The monoisotopic (exact) mass is 368 g/mol. The molecule has 0 saturated carbocycles. The Kier molecular flexibility index (Phi) is 5.99. The van der Waals surface area contributed by atoms with Gasteiger partial charge in [-0.05, 0) is 51.2 Å². The molecule has 5 heteroatoms. The van der Waals surface area contributed by atoms with Crippen LogP contribution in [0.5, 0.6) is 5.88 Å².